The van der Waals surface area contributed by atoms with E-state index in [9.17, 15) is 27.6 Å². The fourth-order valence-electron chi connectivity index (χ4n) is 2.99. The second-order valence-corrected chi connectivity index (χ2v) is 6.77. The average molecular weight is 421 g/mol. The Bertz CT molecular complexity index is 901. The molecule has 0 aromatic heterocycles. The normalized spacial score (nSPS) is 13.2. The number of halogens is 3. The lowest BCUT2D eigenvalue weighted by molar-refractivity contribution is -0.138. The molecular weight excluding hydrogens is 399 g/mol. The van der Waals surface area contributed by atoms with E-state index in [1.807, 2.05) is 0 Å². The molecule has 0 bridgehead atoms. The van der Waals surface area contributed by atoms with Gasteiger partial charge in [0.2, 0.25) is 17.7 Å². The fraction of sp³-hybridized carbons (Fsp3) is 0.286. The molecule has 4 N–H and O–H groups in total. The van der Waals surface area contributed by atoms with E-state index in [-0.39, 0.29) is 12.0 Å². The molecule has 0 aliphatic carbocycles. The number of carbonyl (C=O) groups excluding carboxylic acids is 3. The number of rotatable bonds is 8. The molecule has 0 unspecified atom stereocenters. The first kappa shape index (κ1) is 22.9. The highest BCUT2D eigenvalue weighted by Crippen LogP contribution is 2.32. The molecule has 0 saturated heterocycles. The Morgan fingerprint density at radius 3 is 2.07 bits per heavy atom. The summed E-state index contributed by atoms with van der Waals surface area (Å²) in [6.45, 7) is 1.23. The highest BCUT2D eigenvalue weighted by Gasteiger charge is 2.34. The van der Waals surface area contributed by atoms with Crippen LogP contribution in [-0.2, 0) is 33.4 Å². The van der Waals surface area contributed by atoms with Crippen LogP contribution in [-0.4, -0.2) is 29.8 Å². The molecule has 0 heterocycles. The SMILES string of the molecule is CC(=O)N[C@@H](Cc1ccccc1)C(=O)N[C@@H](Cc1ccccc1C(F)(F)F)C(N)=O. The molecule has 6 nitrogen and oxygen atoms in total. The fourth-order valence-corrected chi connectivity index (χ4v) is 2.99. The molecule has 0 radical (unpaired) electrons. The van der Waals surface area contributed by atoms with Crippen molar-refractivity contribution in [2.45, 2.75) is 38.0 Å². The van der Waals surface area contributed by atoms with Crippen LogP contribution < -0.4 is 16.4 Å². The predicted octanol–water partition coefficient (Wildman–Crippen LogP) is 1.97. The minimum atomic E-state index is -4.62. The van der Waals surface area contributed by atoms with Crippen molar-refractivity contribution in [2.75, 3.05) is 0 Å². The summed E-state index contributed by atoms with van der Waals surface area (Å²) in [5.74, 6) is -2.17. The lowest BCUT2D eigenvalue weighted by Crippen LogP contribution is -2.54. The van der Waals surface area contributed by atoms with Crippen molar-refractivity contribution in [1.82, 2.24) is 10.6 Å². The largest absolute Gasteiger partial charge is 0.416 e. The molecule has 30 heavy (non-hydrogen) atoms. The summed E-state index contributed by atoms with van der Waals surface area (Å²) in [5.41, 5.74) is 5.00. The maximum absolute atomic E-state index is 13.2. The molecule has 2 aromatic carbocycles. The Hall–Kier alpha value is -3.36. The Balaban J connectivity index is 2.21. The number of hydrogen-bond acceptors (Lipinski definition) is 3. The summed E-state index contributed by atoms with van der Waals surface area (Å²) >= 11 is 0. The second-order valence-electron chi connectivity index (χ2n) is 6.77. The van der Waals surface area contributed by atoms with E-state index in [1.165, 1.54) is 25.1 Å². The molecule has 3 amide bonds. The van der Waals surface area contributed by atoms with E-state index in [0.29, 0.717) is 0 Å². The molecule has 2 rings (SSSR count). The van der Waals surface area contributed by atoms with E-state index in [2.05, 4.69) is 10.6 Å². The van der Waals surface area contributed by atoms with E-state index >= 15 is 0 Å². The van der Waals surface area contributed by atoms with Crippen LogP contribution in [0.2, 0.25) is 0 Å². The molecule has 2 aromatic rings. The average Bonchev–Trinajstić information content (AvgIpc) is 2.67. The second kappa shape index (κ2) is 9.91. The Kier molecular flexibility index (Phi) is 7.57. The maximum atomic E-state index is 13.2. The zero-order valence-corrected chi connectivity index (χ0v) is 16.2. The molecule has 0 aliphatic heterocycles. The highest BCUT2D eigenvalue weighted by atomic mass is 19.4. The smallest absolute Gasteiger partial charge is 0.368 e. The van der Waals surface area contributed by atoms with Crippen molar-refractivity contribution in [3.8, 4) is 0 Å². The quantitative estimate of drug-likeness (QED) is 0.607. The Labute approximate surface area is 171 Å². The molecule has 0 saturated carbocycles. The number of hydrogen-bond donors (Lipinski definition) is 3. The van der Waals surface area contributed by atoms with Gasteiger partial charge in [0.15, 0.2) is 0 Å². The molecule has 160 valence electrons. The van der Waals surface area contributed by atoms with Crippen molar-refractivity contribution in [2.24, 2.45) is 5.73 Å². The summed E-state index contributed by atoms with van der Waals surface area (Å²) < 4.78 is 39.7. The van der Waals surface area contributed by atoms with Gasteiger partial charge in [-0.3, -0.25) is 14.4 Å². The molecule has 0 fully saturated rings. The lowest BCUT2D eigenvalue weighted by Gasteiger charge is -2.23. The van der Waals surface area contributed by atoms with Crippen LogP contribution >= 0.6 is 0 Å². The van der Waals surface area contributed by atoms with Crippen molar-refractivity contribution < 1.29 is 27.6 Å². The summed E-state index contributed by atoms with van der Waals surface area (Å²) in [7, 11) is 0. The first-order valence-corrected chi connectivity index (χ1v) is 9.13. The van der Waals surface area contributed by atoms with Gasteiger partial charge in [-0.15, -0.1) is 0 Å². The van der Waals surface area contributed by atoms with Crippen molar-refractivity contribution in [3.05, 3.63) is 71.3 Å². The van der Waals surface area contributed by atoms with Gasteiger partial charge >= 0.3 is 6.18 Å². The number of alkyl halides is 3. The van der Waals surface area contributed by atoms with Gasteiger partial charge in [0.25, 0.3) is 0 Å². The summed E-state index contributed by atoms with van der Waals surface area (Å²) in [5, 5.41) is 4.86. The number of nitrogens with two attached hydrogens (primary N) is 1. The van der Waals surface area contributed by atoms with Crippen LogP contribution in [0.15, 0.2) is 54.6 Å². The minimum absolute atomic E-state index is 0.136. The zero-order valence-electron chi connectivity index (χ0n) is 16.2. The van der Waals surface area contributed by atoms with E-state index in [4.69, 9.17) is 5.73 Å². The summed E-state index contributed by atoms with van der Waals surface area (Å²) in [4.78, 5) is 36.1. The van der Waals surface area contributed by atoms with Gasteiger partial charge in [-0.25, -0.2) is 0 Å². The summed E-state index contributed by atoms with van der Waals surface area (Å²) in [6.07, 6.45) is -4.92. The minimum Gasteiger partial charge on any atom is -0.368 e. The van der Waals surface area contributed by atoms with Crippen LogP contribution in [0.5, 0.6) is 0 Å². The van der Waals surface area contributed by atoms with Gasteiger partial charge in [0, 0.05) is 19.8 Å². The van der Waals surface area contributed by atoms with Gasteiger partial charge in [0.1, 0.15) is 12.1 Å². The molecule has 0 aliphatic rings. The van der Waals surface area contributed by atoms with Crippen LogP contribution in [0.3, 0.4) is 0 Å². The van der Waals surface area contributed by atoms with Gasteiger partial charge < -0.3 is 16.4 Å². The Morgan fingerprint density at radius 2 is 1.50 bits per heavy atom. The zero-order chi connectivity index (χ0) is 22.3. The predicted molar refractivity (Wildman–Crippen MR) is 104 cm³/mol. The van der Waals surface area contributed by atoms with Gasteiger partial charge in [-0.1, -0.05) is 48.5 Å². The number of amides is 3. The monoisotopic (exact) mass is 421 g/mol. The molecular formula is C21H22F3N3O3. The number of benzene rings is 2. The highest BCUT2D eigenvalue weighted by molar-refractivity contribution is 5.91. The van der Waals surface area contributed by atoms with Crippen LogP contribution in [0.25, 0.3) is 0 Å². The lowest BCUT2D eigenvalue weighted by atomic mass is 9.98. The van der Waals surface area contributed by atoms with Crippen LogP contribution in [0.1, 0.15) is 23.6 Å². The molecule has 2 atom stereocenters. The number of nitrogens with one attached hydrogen (secondary N) is 2. The maximum Gasteiger partial charge on any atom is 0.416 e. The van der Waals surface area contributed by atoms with Crippen molar-refractivity contribution in [3.63, 3.8) is 0 Å². The van der Waals surface area contributed by atoms with Gasteiger partial charge in [-0.05, 0) is 17.2 Å². The summed E-state index contributed by atoms with van der Waals surface area (Å²) in [6, 6.07) is 11.2. The van der Waals surface area contributed by atoms with E-state index < -0.39 is 48.0 Å². The third kappa shape index (κ3) is 6.61. The first-order chi connectivity index (χ1) is 14.1. The van der Waals surface area contributed by atoms with E-state index in [1.54, 1.807) is 30.3 Å². The number of primary amides is 1. The van der Waals surface area contributed by atoms with E-state index in [0.717, 1.165) is 11.6 Å². The number of carbonyl (C=O) groups is 3. The first-order valence-electron chi connectivity index (χ1n) is 9.13. The van der Waals surface area contributed by atoms with Crippen LogP contribution in [0.4, 0.5) is 13.2 Å². The Morgan fingerprint density at radius 1 is 0.900 bits per heavy atom. The molecule has 9 heteroatoms. The third-order valence-electron chi connectivity index (χ3n) is 4.38. The van der Waals surface area contributed by atoms with Gasteiger partial charge in [0.05, 0.1) is 5.56 Å². The topological polar surface area (TPSA) is 101 Å². The van der Waals surface area contributed by atoms with Crippen molar-refractivity contribution in [1.29, 1.82) is 0 Å². The molecule has 0 spiro atoms. The van der Waals surface area contributed by atoms with Gasteiger partial charge in [-0.2, -0.15) is 13.2 Å². The van der Waals surface area contributed by atoms with Crippen molar-refractivity contribution >= 4 is 17.7 Å². The third-order valence-corrected chi connectivity index (χ3v) is 4.38. The van der Waals surface area contributed by atoms with Crippen LogP contribution in [0, 0.1) is 0 Å². The standard InChI is InChI=1S/C21H22F3N3O3/c1-13(28)26-18(11-14-7-3-2-4-8-14)20(30)27-17(19(25)29)12-15-9-5-6-10-16(15)21(22,23)24/h2-10,17-18H,11-12H2,1H3,(H2,25,29)(H,26,28)(H,27,30)/t17-,18-/m0/s1.